The minimum absolute atomic E-state index is 0. The molecule has 0 fully saturated rings. The number of carbonyl (C=O) groups is 1. The number of hydrogen-bond acceptors (Lipinski definition) is 2. The maximum atomic E-state index is 9.00. The molecule has 0 bridgehead atoms. The van der Waals surface area contributed by atoms with Crippen LogP contribution in [-0.4, -0.2) is 50.1 Å². The van der Waals surface area contributed by atoms with Crippen LogP contribution in [0.3, 0.4) is 0 Å². The monoisotopic (exact) mass is 209 g/mol. The second-order valence-corrected chi connectivity index (χ2v) is 2.21. The lowest BCUT2D eigenvalue weighted by Gasteiger charge is -2.12. The summed E-state index contributed by atoms with van der Waals surface area (Å²) < 4.78 is 0. The molecule has 2 N–H and O–H groups in total. The van der Waals surface area contributed by atoms with Crippen LogP contribution in [0.1, 0.15) is 6.92 Å². The van der Waals surface area contributed by atoms with Gasteiger partial charge in [0, 0.05) is 35.1 Å². The topological polar surface area (TPSA) is 64.9 Å². The predicted octanol–water partition coefficient (Wildman–Crippen LogP) is -0.0978. The summed E-state index contributed by atoms with van der Waals surface area (Å²) in [5.74, 6) is 0.0602. The Bertz CT molecular complexity index is 156. The number of hydrogen-bond donors (Lipinski definition) is 2. The van der Waals surface area contributed by atoms with Crippen molar-refractivity contribution < 1.29 is 9.90 Å². The Labute approximate surface area is 82.8 Å². The Balaban J connectivity index is -0.000000173. The minimum Gasteiger partial charge on any atom is -0.481 e. The molecule has 0 radical (unpaired) electrons. The fourth-order valence-corrected chi connectivity index (χ4v) is 0.535. The van der Waals surface area contributed by atoms with E-state index in [1.54, 1.807) is 7.05 Å². The molecule has 0 saturated carbocycles. The van der Waals surface area contributed by atoms with Crippen LogP contribution in [0.4, 0.5) is 0 Å². The molecule has 0 aliphatic rings. The SMILES string of the molecule is CC(=O)O.CN=C(NC)N(C)C.P. The van der Waals surface area contributed by atoms with E-state index in [2.05, 4.69) is 10.3 Å². The van der Waals surface area contributed by atoms with Crippen LogP contribution in [0.25, 0.3) is 0 Å². The Kier molecular flexibility index (Phi) is 15.5. The number of guanidine groups is 1. The van der Waals surface area contributed by atoms with E-state index in [0.717, 1.165) is 12.9 Å². The fraction of sp³-hybridized carbons (Fsp3) is 0.714. The Morgan fingerprint density at radius 3 is 1.77 bits per heavy atom. The molecular weight excluding hydrogens is 189 g/mol. The molecule has 6 heteroatoms. The summed E-state index contributed by atoms with van der Waals surface area (Å²) in [6, 6.07) is 0. The predicted molar refractivity (Wildman–Crippen MR) is 60.5 cm³/mol. The molecule has 0 aliphatic heterocycles. The Morgan fingerprint density at radius 1 is 1.46 bits per heavy atom. The molecule has 80 valence electrons. The van der Waals surface area contributed by atoms with E-state index >= 15 is 0 Å². The zero-order valence-electron chi connectivity index (χ0n) is 8.96. The fourth-order valence-electron chi connectivity index (χ4n) is 0.535. The van der Waals surface area contributed by atoms with E-state index in [0.29, 0.717) is 0 Å². The minimum atomic E-state index is -0.833. The van der Waals surface area contributed by atoms with Crippen LogP contribution in [0.15, 0.2) is 4.99 Å². The molecule has 1 atom stereocenters. The smallest absolute Gasteiger partial charge is 0.300 e. The van der Waals surface area contributed by atoms with Crippen LogP contribution in [0, 0.1) is 0 Å². The molecule has 0 rings (SSSR count). The van der Waals surface area contributed by atoms with Gasteiger partial charge in [0.25, 0.3) is 5.97 Å². The normalized spacial score (nSPS) is 8.85. The van der Waals surface area contributed by atoms with Crippen molar-refractivity contribution in [1.29, 1.82) is 0 Å². The second-order valence-electron chi connectivity index (χ2n) is 2.21. The molecule has 0 aromatic rings. The van der Waals surface area contributed by atoms with Gasteiger partial charge in [-0.15, -0.1) is 0 Å². The van der Waals surface area contributed by atoms with E-state index in [1.807, 2.05) is 26.0 Å². The standard InChI is InChI=1S/C5H13N3.C2H4O2.H3P/c1-6-5(7-2)8(3)4;1-2(3)4;/h1-4H3,(H,6,7);1H3,(H,3,4);1H3. The van der Waals surface area contributed by atoms with Crippen LogP contribution in [0.2, 0.25) is 0 Å². The van der Waals surface area contributed by atoms with Crippen LogP contribution < -0.4 is 5.32 Å². The number of carboxylic acids is 1. The summed E-state index contributed by atoms with van der Waals surface area (Å²) in [6.07, 6.45) is 0. The summed E-state index contributed by atoms with van der Waals surface area (Å²) in [7, 11) is 7.49. The van der Waals surface area contributed by atoms with Gasteiger partial charge >= 0.3 is 0 Å². The van der Waals surface area contributed by atoms with E-state index in [-0.39, 0.29) is 9.90 Å². The quantitative estimate of drug-likeness (QED) is 0.332. The third-order valence-electron chi connectivity index (χ3n) is 0.859. The number of aliphatic carboxylic acids is 1. The Morgan fingerprint density at radius 2 is 1.77 bits per heavy atom. The molecule has 1 unspecified atom stereocenters. The molecule has 5 nitrogen and oxygen atoms in total. The summed E-state index contributed by atoms with van der Waals surface area (Å²) in [5.41, 5.74) is 0. The van der Waals surface area contributed by atoms with Crippen molar-refractivity contribution in [1.82, 2.24) is 10.2 Å². The van der Waals surface area contributed by atoms with Crippen molar-refractivity contribution in [3.8, 4) is 0 Å². The van der Waals surface area contributed by atoms with E-state index in [1.165, 1.54) is 0 Å². The molecule has 0 aromatic carbocycles. The van der Waals surface area contributed by atoms with Gasteiger partial charge in [0.15, 0.2) is 5.96 Å². The van der Waals surface area contributed by atoms with Gasteiger partial charge in [-0.3, -0.25) is 9.79 Å². The average molecular weight is 209 g/mol. The lowest BCUT2D eigenvalue weighted by Crippen LogP contribution is -2.33. The summed E-state index contributed by atoms with van der Waals surface area (Å²) in [6.45, 7) is 1.08. The van der Waals surface area contributed by atoms with Gasteiger partial charge in [0.2, 0.25) is 0 Å². The third-order valence-corrected chi connectivity index (χ3v) is 0.859. The van der Waals surface area contributed by atoms with Gasteiger partial charge < -0.3 is 15.3 Å². The lowest BCUT2D eigenvalue weighted by molar-refractivity contribution is -0.134. The first-order chi connectivity index (χ1) is 5.45. The summed E-state index contributed by atoms with van der Waals surface area (Å²) >= 11 is 0. The van der Waals surface area contributed by atoms with Gasteiger partial charge in [0.05, 0.1) is 0 Å². The van der Waals surface area contributed by atoms with Crippen LogP contribution >= 0.6 is 9.90 Å². The van der Waals surface area contributed by atoms with Crippen molar-refractivity contribution in [3.63, 3.8) is 0 Å². The molecule has 13 heavy (non-hydrogen) atoms. The van der Waals surface area contributed by atoms with Gasteiger partial charge in [-0.1, -0.05) is 0 Å². The molecular formula is C7H20N3O2P. The highest BCUT2D eigenvalue weighted by Gasteiger charge is 1.91. The molecule has 0 heterocycles. The number of nitrogens with one attached hydrogen (secondary N) is 1. The molecule has 0 spiro atoms. The van der Waals surface area contributed by atoms with Crippen molar-refractivity contribution >= 4 is 21.8 Å². The highest BCUT2D eigenvalue weighted by atomic mass is 31.0. The van der Waals surface area contributed by atoms with Crippen molar-refractivity contribution in [3.05, 3.63) is 0 Å². The highest BCUT2D eigenvalue weighted by Crippen LogP contribution is 1.73. The molecule has 0 aliphatic carbocycles. The van der Waals surface area contributed by atoms with Crippen LogP contribution in [-0.2, 0) is 4.79 Å². The zero-order chi connectivity index (χ0) is 10.1. The number of rotatable bonds is 0. The van der Waals surface area contributed by atoms with E-state index in [9.17, 15) is 0 Å². The maximum absolute atomic E-state index is 9.00. The molecule has 0 saturated heterocycles. The van der Waals surface area contributed by atoms with Gasteiger partial charge in [-0.05, 0) is 0 Å². The first-order valence-electron chi connectivity index (χ1n) is 3.47. The first-order valence-corrected chi connectivity index (χ1v) is 3.47. The summed E-state index contributed by atoms with van der Waals surface area (Å²) in [4.78, 5) is 14.9. The highest BCUT2D eigenvalue weighted by molar-refractivity contribution is 6.92. The van der Waals surface area contributed by atoms with Crippen LogP contribution in [0.5, 0.6) is 0 Å². The maximum Gasteiger partial charge on any atom is 0.300 e. The van der Waals surface area contributed by atoms with Gasteiger partial charge in [-0.25, -0.2) is 0 Å². The van der Waals surface area contributed by atoms with Gasteiger partial charge in [-0.2, -0.15) is 9.90 Å². The average Bonchev–Trinajstić information content (AvgIpc) is 1.87. The summed E-state index contributed by atoms with van der Waals surface area (Å²) in [5, 5.41) is 10.3. The van der Waals surface area contributed by atoms with Crippen molar-refractivity contribution in [2.45, 2.75) is 6.92 Å². The third kappa shape index (κ3) is 18.3. The molecule has 0 aromatic heterocycles. The number of carboxylic acid groups (broad SMARTS) is 1. The lowest BCUT2D eigenvalue weighted by atomic mass is 10.8. The Hall–Kier alpha value is -0.830. The zero-order valence-corrected chi connectivity index (χ0v) is 10.4. The van der Waals surface area contributed by atoms with E-state index < -0.39 is 5.97 Å². The largest absolute Gasteiger partial charge is 0.481 e. The van der Waals surface area contributed by atoms with Gasteiger partial charge in [0.1, 0.15) is 0 Å². The number of nitrogens with zero attached hydrogens (tertiary/aromatic N) is 2. The number of aliphatic imine (C=N–C) groups is 1. The molecule has 0 amide bonds. The van der Waals surface area contributed by atoms with E-state index in [4.69, 9.17) is 9.90 Å². The second kappa shape index (κ2) is 11.2. The van der Waals surface area contributed by atoms with Crippen molar-refractivity contribution in [2.24, 2.45) is 4.99 Å². The van der Waals surface area contributed by atoms with Crippen molar-refractivity contribution in [2.75, 3.05) is 28.2 Å². The first kappa shape index (κ1) is 18.1.